The predicted molar refractivity (Wildman–Crippen MR) is 78.6 cm³/mol. The highest BCUT2D eigenvalue weighted by Crippen LogP contribution is 2.26. The number of aliphatic hydroxyl groups excluding tert-OH is 1. The van der Waals surface area contributed by atoms with Crippen LogP contribution in [0, 0.1) is 20.8 Å². The van der Waals surface area contributed by atoms with Gasteiger partial charge in [0.05, 0.1) is 24.2 Å². The van der Waals surface area contributed by atoms with Gasteiger partial charge < -0.3 is 5.11 Å². The van der Waals surface area contributed by atoms with Crippen molar-refractivity contribution in [3.05, 3.63) is 52.8 Å². The number of benzene rings is 1. The second kappa shape index (κ2) is 4.72. The van der Waals surface area contributed by atoms with Crippen LogP contribution in [0.4, 0.5) is 0 Å². The highest BCUT2D eigenvalue weighted by molar-refractivity contribution is 5.66. The molecule has 0 atom stereocenters. The van der Waals surface area contributed by atoms with Crippen LogP contribution in [-0.2, 0) is 6.61 Å². The molecule has 0 aliphatic heterocycles. The van der Waals surface area contributed by atoms with Gasteiger partial charge in [0.25, 0.3) is 0 Å². The smallest absolute Gasteiger partial charge is 0.153 e. The predicted octanol–water partition coefficient (Wildman–Crippen LogP) is 2.81. The van der Waals surface area contributed by atoms with Crippen molar-refractivity contribution in [2.75, 3.05) is 0 Å². The zero-order valence-electron chi connectivity index (χ0n) is 11.9. The maximum atomic E-state index is 9.32. The van der Waals surface area contributed by atoms with E-state index in [2.05, 4.69) is 43.0 Å². The van der Waals surface area contributed by atoms with Crippen LogP contribution in [-0.4, -0.2) is 19.7 Å². The molecule has 0 bridgehead atoms. The van der Waals surface area contributed by atoms with E-state index in [1.54, 1.807) is 10.7 Å². The molecule has 0 saturated heterocycles. The van der Waals surface area contributed by atoms with Crippen LogP contribution in [0.2, 0.25) is 0 Å². The number of hydrogen-bond donors (Lipinski definition) is 1. The van der Waals surface area contributed by atoms with Crippen LogP contribution in [0.5, 0.6) is 0 Å². The fraction of sp³-hybridized carbons (Fsp3) is 0.250. The minimum absolute atomic E-state index is 0.0659. The number of aromatic nitrogens is 3. The first-order valence-corrected chi connectivity index (χ1v) is 6.63. The van der Waals surface area contributed by atoms with Gasteiger partial charge in [-0.1, -0.05) is 12.1 Å². The summed E-state index contributed by atoms with van der Waals surface area (Å²) in [6, 6.07) is 8.11. The Morgan fingerprint density at radius 2 is 1.85 bits per heavy atom. The number of imidazole rings is 1. The fourth-order valence-electron chi connectivity index (χ4n) is 2.41. The third kappa shape index (κ3) is 1.89. The molecule has 3 rings (SSSR count). The normalized spacial score (nSPS) is 11.2. The molecule has 20 heavy (non-hydrogen) atoms. The van der Waals surface area contributed by atoms with Crippen LogP contribution >= 0.6 is 0 Å². The third-order valence-corrected chi connectivity index (χ3v) is 3.93. The molecular formula is C16H17N3O. The molecule has 0 radical (unpaired) electrons. The molecule has 0 amide bonds. The molecule has 2 heterocycles. The lowest BCUT2D eigenvalue weighted by molar-refractivity contribution is 0.274. The largest absolute Gasteiger partial charge is 0.390 e. The Labute approximate surface area is 117 Å². The van der Waals surface area contributed by atoms with E-state index in [0.29, 0.717) is 5.69 Å². The monoisotopic (exact) mass is 267 g/mol. The molecule has 1 aromatic carbocycles. The topological polar surface area (TPSA) is 50.4 Å². The first-order chi connectivity index (χ1) is 9.61. The standard InChI is InChI=1S/C16H17N3O/c1-10-4-5-14(12(3)11(10)2)15-6-7-16-17-8-13(9-20)19(16)18-15/h4-8,20H,9H2,1-3H3. The van der Waals surface area contributed by atoms with Crippen molar-refractivity contribution in [3.8, 4) is 11.3 Å². The lowest BCUT2D eigenvalue weighted by atomic mass is 9.97. The van der Waals surface area contributed by atoms with Crippen molar-refractivity contribution >= 4 is 5.65 Å². The summed E-state index contributed by atoms with van der Waals surface area (Å²) in [7, 11) is 0. The summed E-state index contributed by atoms with van der Waals surface area (Å²) in [5, 5.41) is 13.9. The van der Waals surface area contributed by atoms with Gasteiger partial charge in [-0.3, -0.25) is 0 Å². The Balaban J connectivity index is 2.22. The maximum Gasteiger partial charge on any atom is 0.153 e. The van der Waals surface area contributed by atoms with Gasteiger partial charge in [0.2, 0.25) is 0 Å². The number of aliphatic hydroxyl groups is 1. The number of aryl methyl sites for hydroxylation is 1. The molecule has 4 nitrogen and oxygen atoms in total. The summed E-state index contributed by atoms with van der Waals surface area (Å²) < 4.78 is 1.70. The minimum atomic E-state index is -0.0659. The molecular weight excluding hydrogens is 250 g/mol. The fourth-order valence-corrected chi connectivity index (χ4v) is 2.41. The van der Waals surface area contributed by atoms with Crippen molar-refractivity contribution in [1.29, 1.82) is 0 Å². The van der Waals surface area contributed by atoms with E-state index in [0.717, 1.165) is 16.9 Å². The molecule has 4 heteroatoms. The van der Waals surface area contributed by atoms with Gasteiger partial charge in [0.15, 0.2) is 5.65 Å². The van der Waals surface area contributed by atoms with Gasteiger partial charge in [0, 0.05) is 5.56 Å². The summed E-state index contributed by atoms with van der Waals surface area (Å²) in [4.78, 5) is 4.22. The summed E-state index contributed by atoms with van der Waals surface area (Å²) in [5.74, 6) is 0. The number of rotatable bonds is 2. The molecule has 102 valence electrons. The quantitative estimate of drug-likeness (QED) is 0.776. The van der Waals surface area contributed by atoms with Crippen molar-refractivity contribution in [2.45, 2.75) is 27.4 Å². The lowest BCUT2D eigenvalue weighted by Gasteiger charge is -2.11. The van der Waals surface area contributed by atoms with Crippen molar-refractivity contribution in [2.24, 2.45) is 0 Å². The molecule has 0 fully saturated rings. The summed E-state index contributed by atoms with van der Waals surface area (Å²) in [6.07, 6.45) is 1.65. The van der Waals surface area contributed by atoms with E-state index in [-0.39, 0.29) is 6.61 Å². The molecule has 1 N–H and O–H groups in total. The van der Waals surface area contributed by atoms with E-state index in [4.69, 9.17) is 0 Å². The average molecular weight is 267 g/mol. The molecule has 2 aromatic heterocycles. The molecule has 0 aliphatic carbocycles. The molecule has 0 aliphatic rings. The van der Waals surface area contributed by atoms with Crippen LogP contribution in [0.3, 0.4) is 0 Å². The summed E-state index contributed by atoms with van der Waals surface area (Å²) >= 11 is 0. The summed E-state index contributed by atoms with van der Waals surface area (Å²) in [5.41, 5.74) is 7.27. The zero-order valence-corrected chi connectivity index (χ0v) is 11.9. The van der Waals surface area contributed by atoms with Crippen molar-refractivity contribution < 1.29 is 5.11 Å². The van der Waals surface area contributed by atoms with Gasteiger partial charge in [-0.25, -0.2) is 9.50 Å². The van der Waals surface area contributed by atoms with E-state index < -0.39 is 0 Å². The van der Waals surface area contributed by atoms with E-state index in [1.165, 1.54) is 16.7 Å². The van der Waals surface area contributed by atoms with Crippen LogP contribution in [0.25, 0.3) is 16.9 Å². The average Bonchev–Trinajstić information content (AvgIpc) is 2.87. The SMILES string of the molecule is Cc1ccc(-c2ccc3ncc(CO)n3n2)c(C)c1C. The Hall–Kier alpha value is -2.20. The number of nitrogens with zero attached hydrogens (tertiary/aromatic N) is 3. The van der Waals surface area contributed by atoms with Gasteiger partial charge >= 0.3 is 0 Å². The first-order valence-electron chi connectivity index (χ1n) is 6.63. The second-order valence-corrected chi connectivity index (χ2v) is 5.08. The Bertz CT molecular complexity index is 790. The molecule has 0 saturated carbocycles. The first kappa shape index (κ1) is 12.8. The Kier molecular flexibility index (Phi) is 3.03. The van der Waals surface area contributed by atoms with E-state index in [1.807, 2.05) is 12.1 Å². The highest BCUT2D eigenvalue weighted by Gasteiger charge is 2.10. The lowest BCUT2D eigenvalue weighted by Crippen LogP contribution is -2.00. The van der Waals surface area contributed by atoms with Crippen molar-refractivity contribution in [1.82, 2.24) is 14.6 Å². The van der Waals surface area contributed by atoms with E-state index in [9.17, 15) is 5.11 Å². The van der Waals surface area contributed by atoms with E-state index >= 15 is 0 Å². The highest BCUT2D eigenvalue weighted by atomic mass is 16.3. The minimum Gasteiger partial charge on any atom is -0.390 e. The van der Waals surface area contributed by atoms with Crippen molar-refractivity contribution in [3.63, 3.8) is 0 Å². The number of hydrogen-bond acceptors (Lipinski definition) is 3. The van der Waals surface area contributed by atoms with Crippen LogP contribution in [0.1, 0.15) is 22.4 Å². The Morgan fingerprint density at radius 3 is 2.60 bits per heavy atom. The third-order valence-electron chi connectivity index (χ3n) is 3.93. The maximum absolute atomic E-state index is 9.32. The van der Waals surface area contributed by atoms with Crippen LogP contribution in [0.15, 0.2) is 30.5 Å². The van der Waals surface area contributed by atoms with Gasteiger partial charge in [-0.05, 0) is 49.6 Å². The van der Waals surface area contributed by atoms with Crippen LogP contribution < -0.4 is 0 Å². The molecule has 0 spiro atoms. The summed E-state index contributed by atoms with van der Waals surface area (Å²) in [6.45, 7) is 6.29. The second-order valence-electron chi connectivity index (χ2n) is 5.08. The number of fused-ring (bicyclic) bond motifs is 1. The van der Waals surface area contributed by atoms with Gasteiger partial charge in [-0.15, -0.1) is 0 Å². The molecule has 3 aromatic rings. The van der Waals surface area contributed by atoms with Gasteiger partial charge in [-0.2, -0.15) is 5.10 Å². The zero-order chi connectivity index (χ0) is 14.3. The van der Waals surface area contributed by atoms with Gasteiger partial charge in [0.1, 0.15) is 0 Å². The Morgan fingerprint density at radius 1 is 1.05 bits per heavy atom. The molecule has 0 unspecified atom stereocenters.